The zero-order valence-corrected chi connectivity index (χ0v) is 11.2. The molecule has 1 aromatic carbocycles. The third-order valence-corrected chi connectivity index (χ3v) is 4.04. The molecule has 2 aromatic rings. The highest BCUT2D eigenvalue weighted by molar-refractivity contribution is 7.21. The Morgan fingerprint density at radius 2 is 2.05 bits per heavy atom. The van der Waals surface area contributed by atoms with Crippen LogP contribution in [-0.4, -0.2) is 35.3 Å². The van der Waals surface area contributed by atoms with E-state index in [-0.39, 0.29) is 18.0 Å². The summed E-state index contributed by atoms with van der Waals surface area (Å²) in [6.45, 7) is -0.170. The summed E-state index contributed by atoms with van der Waals surface area (Å²) in [5.74, 6) is -1.04. The number of hydrogen-bond acceptors (Lipinski definition) is 4. The SMILES string of the molecule is O=C(O)c1sc2ccccc2c1CNCC(O)C(F)F. The van der Waals surface area contributed by atoms with Crippen molar-refractivity contribution in [2.24, 2.45) is 0 Å². The highest BCUT2D eigenvalue weighted by atomic mass is 32.1. The number of carboxylic acids is 1. The molecule has 20 heavy (non-hydrogen) atoms. The van der Waals surface area contributed by atoms with Crippen molar-refractivity contribution in [3.8, 4) is 0 Å². The van der Waals surface area contributed by atoms with Gasteiger partial charge in [0.15, 0.2) is 0 Å². The summed E-state index contributed by atoms with van der Waals surface area (Å²) >= 11 is 1.15. The van der Waals surface area contributed by atoms with Crippen molar-refractivity contribution in [2.75, 3.05) is 6.54 Å². The molecule has 108 valence electrons. The lowest BCUT2D eigenvalue weighted by Crippen LogP contribution is -2.31. The molecule has 1 atom stereocenters. The standard InChI is InChI=1S/C13H13F2NO3S/c14-12(15)9(17)6-16-5-8-7-3-1-2-4-10(7)20-11(8)13(18)19/h1-4,9,12,16-17H,5-6H2,(H,18,19). The van der Waals surface area contributed by atoms with Gasteiger partial charge in [-0.25, -0.2) is 13.6 Å². The van der Waals surface area contributed by atoms with E-state index in [1.165, 1.54) is 0 Å². The van der Waals surface area contributed by atoms with Crippen LogP contribution >= 0.6 is 11.3 Å². The Kier molecular flexibility index (Phi) is 4.64. The second kappa shape index (κ2) is 6.25. The van der Waals surface area contributed by atoms with E-state index in [1.54, 1.807) is 12.1 Å². The van der Waals surface area contributed by atoms with Crippen molar-refractivity contribution in [3.63, 3.8) is 0 Å². The predicted molar refractivity (Wildman–Crippen MR) is 72.5 cm³/mol. The number of fused-ring (bicyclic) bond motifs is 1. The number of rotatable bonds is 6. The van der Waals surface area contributed by atoms with Crippen LogP contribution in [0.2, 0.25) is 0 Å². The molecule has 0 saturated heterocycles. The Balaban J connectivity index is 2.19. The summed E-state index contributed by atoms with van der Waals surface area (Å²) in [7, 11) is 0. The van der Waals surface area contributed by atoms with Crippen LogP contribution < -0.4 is 5.32 Å². The summed E-state index contributed by atoms with van der Waals surface area (Å²) < 4.78 is 25.2. The first-order valence-corrected chi connectivity index (χ1v) is 6.73. The van der Waals surface area contributed by atoms with Crippen molar-refractivity contribution < 1.29 is 23.8 Å². The smallest absolute Gasteiger partial charge is 0.346 e. The fourth-order valence-electron chi connectivity index (χ4n) is 1.88. The molecule has 0 radical (unpaired) electrons. The number of nitrogens with one attached hydrogen (secondary N) is 1. The topological polar surface area (TPSA) is 69.6 Å². The van der Waals surface area contributed by atoms with Gasteiger partial charge in [0, 0.05) is 17.8 Å². The largest absolute Gasteiger partial charge is 0.477 e. The van der Waals surface area contributed by atoms with E-state index in [9.17, 15) is 18.7 Å². The third-order valence-electron chi connectivity index (χ3n) is 2.84. The Bertz CT molecular complexity index is 615. The number of alkyl halides is 2. The summed E-state index contributed by atoms with van der Waals surface area (Å²) in [6, 6.07) is 7.20. The van der Waals surface area contributed by atoms with Gasteiger partial charge >= 0.3 is 5.97 Å². The highest BCUT2D eigenvalue weighted by Gasteiger charge is 2.19. The van der Waals surface area contributed by atoms with Crippen LogP contribution in [0.1, 0.15) is 15.2 Å². The summed E-state index contributed by atoms with van der Waals surface area (Å²) in [4.78, 5) is 11.4. The maximum absolute atomic E-state index is 12.2. The molecule has 0 saturated carbocycles. The normalized spacial score (nSPS) is 13.0. The molecule has 0 aliphatic carbocycles. The van der Waals surface area contributed by atoms with Crippen molar-refractivity contribution in [1.29, 1.82) is 0 Å². The van der Waals surface area contributed by atoms with Crippen molar-refractivity contribution in [2.45, 2.75) is 19.1 Å². The number of carbonyl (C=O) groups is 1. The minimum atomic E-state index is -2.82. The molecule has 0 aliphatic rings. The molecular formula is C13H13F2NO3S. The van der Waals surface area contributed by atoms with Gasteiger partial charge in [0.25, 0.3) is 6.43 Å². The van der Waals surface area contributed by atoms with Crippen LogP contribution in [-0.2, 0) is 6.54 Å². The molecule has 3 N–H and O–H groups in total. The number of halogens is 2. The second-order valence-corrected chi connectivity index (χ2v) is 5.30. The molecule has 0 bridgehead atoms. The molecule has 1 unspecified atom stereocenters. The average Bonchev–Trinajstić information content (AvgIpc) is 2.78. The van der Waals surface area contributed by atoms with Crippen molar-refractivity contribution in [1.82, 2.24) is 5.32 Å². The van der Waals surface area contributed by atoms with E-state index in [0.717, 1.165) is 21.4 Å². The maximum atomic E-state index is 12.2. The van der Waals surface area contributed by atoms with Gasteiger partial charge in [-0.1, -0.05) is 18.2 Å². The quantitative estimate of drug-likeness (QED) is 0.766. The van der Waals surface area contributed by atoms with Crippen LogP contribution in [0.25, 0.3) is 10.1 Å². The Labute approximate surface area is 117 Å². The highest BCUT2D eigenvalue weighted by Crippen LogP contribution is 2.31. The van der Waals surface area contributed by atoms with Gasteiger partial charge in [0.2, 0.25) is 0 Å². The Morgan fingerprint density at radius 1 is 1.35 bits per heavy atom. The third kappa shape index (κ3) is 3.12. The first-order chi connectivity index (χ1) is 9.50. The second-order valence-electron chi connectivity index (χ2n) is 4.24. The number of aromatic carboxylic acids is 1. The predicted octanol–water partition coefficient (Wildman–Crippen LogP) is 2.32. The van der Waals surface area contributed by atoms with E-state index in [1.807, 2.05) is 12.1 Å². The average molecular weight is 301 g/mol. The van der Waals surface area contributed by atoms with E-state index in [0.29, 0.717) is 5.56 Å². The first kappa shape index (κ1) is 14.8. The van der Waals surface area contributed by atoms with Crippen molar-refractivity contribution >= 4 is 27.4 Å². The maximum Gasteiger partial charge on any atom is 0.346 e. The van der Waals surface area contributed by atoms with E-state index >= 15 is 0 Å². The van der Waals surface area contributed by atoms with Crippen LogP contribution in [0.4, 0.5) is 8.78 Å². The van der Waals surface area contributed by atoms with Gasteiger partial charge in [-0.3, -0.25) is 0 Å². The minimum Gasteiger partial charge on any atom is -0.477 e. The molecule has 0 fully saturated rings. The molecule has 0 amide bonds. The number of thiophene rings is 1. The summed E-state index contributed by atoms with van der Waals surface area (Å²) in [5.41, 5.74) is 0.555. The van der Waals surface area contributed by atoms with Gasteiger partial charge in [-0.05, 0) is 17.0 Å². The van der Waals surface area contributed by atoms with Gasteiger partial charge in [-0.2, -0.15) is 0 Å². The lowest BCUT2D eigenvalue weighted by Gasteiger charge is -2.10. The van der Waals surface area contributed by atoms with E-state index in [4.69, 9.17) is 5.11 Å². The molecule has 0 spiro atoms. The molecule has 1 heterocycles. The van der Waals surface area contributed by atoms with Crippen LogP contribution in [0, 0.1) is 0 Å². The monoisotopic (exact) mass is 301 g/mol. The molecular weight excluding hydrogens is 288 g/mol. The lowest BCUT2D eigenvalue weighted by molar-refractivity contribution is -0.00340. The van der Waals surface area contributed by atoms with Gasteiger partial charge in [-0.15, -0.1) is 11.3 Å². The van der Waals surface area contributed by atoms with E-state index < -0.39 is 18.5 Å². The molecule has 2 rings (SSSR count). The lowest BCUT2D eigenvalue weighted by atomic mass is 10.1. The molecule has 4 nitrogen and oxygen atoms in total. The van der Waals surface area contributed by atoms with Gasteiger partial charge in [0.1, 0.15) is 11.0 Å². The Morgan fingerprint density at radius 3 is 2.70 bits per heavy atom. The summed E-state index contributed by atoms with van der Waals surface area (Å²) in [5, 5.41) is 21.7. The number of benzene rings is 1. The molecule has 1 aromatic heterocycles. The molecule has 0 aliphatic heterocycles. The van der Waals surface area contributed by atoms with E-state index in [2.05, 4.69) is 5.32 Å². The fourth-order valence-corrected chi connectivity index (χ4v) is 2.94. The van der Waals surface area contributed by atoms with Gasteiger partial charge < -0.3 is 15.5 Å². The molecule has 7 heteroatoms. The number of aliphatic hydroxyl groups excluding tert-OH is 1. The zero-order chi connectivity index (χ0) is 14.7. The number of carboxylic acid groups (broad SMARTS) is 1. The summed E-state index contributed by atoms with van der Waals surface area (Å²) in [6.07, 6.45) is -4.58. The zero-order valence-electron chi connectivity index (χ0n) is 10.3. The van der Waals surface area contributed by atoms with Crippen molar-refractivity contribution in [3.05, 3.63) is 34.7 Å². The first-order valence-electron chi connectivity index (χ1n) is 5.91. The minimum absolute atomic E-state index is 0.120. The fraction of sp³-hybridized carbons (Fsp3) is 0.308. The Hall–Kier alpha value is -1.57. The number of aliphatic hydroxyl groups is 1. The number of hydrogen-bond donors (Lipinski definition) is 3. The van der Waals surface area contributed by atoms with Crippen LogP contribution in [0.5, 0.6) is 0 Å². The van der Waals surface area contributed by atoms with Crippen LogP contribution in [0.3, 0.4) is 0 Å². The van der Waals surface area contributed by atoms with Gasteiger partial charge in [0.05, 0.1) is 0 Å². The van der Waals surface area contributed by atoms with Crippen LogP contribution in [0.15, 0.2) is 24.3 Å².